The summed E-state index contributed by atoms with van der Waals surface area (Å²) in [5, 5.41) is 82.3. The zero-order chi connectivity index (χ0) is 39.0. The fourth-order valence-corrected chi connectivity index (χ4v) is 0.535. The van der Waals surface area contributed by atoms with Crippen molar-refractivity contribution in [1.82, 2.24) is 0 Å². The van der Waals surface area contributed by atoms with E-state index in [-0.39, 0.29) is 66.3 Å². The van der Waals surface area contributed by atoms with Crippen molar-refractivity contribution in [3.8, 4) is 0 Å². The third-order valence-electron chi connectivity index (χ3n) is 4.44. The van der Waals surface area contributed by atoms with Crippen molar-refractivity contribution < 1.29 is 75.0 Å². The summed E-state index contributed by atoms with van der Waals surface area (Å²) in [6.45, 7) is 28.1. The molecule has 0 radical (unpaired) electrons. The summed E-state index contributed by atoms with van der Waals surface area (Å²) < 4.78 is 0. The first-order valence-corrected chi connectivity index (χ1v) is 13.1. The molecule has 10 N–H and O–H groups in total. The van der Waals surface area contributed by atoms with Crippen LogP contribution in [0.4, 0.5) is 0 Å². The van der Waals surface area contributed by atoms with Gasteiger partial charge in [0.1, 0.15) is 0 Å². The van der Waals surface area contributed by atoms with Crippen LogP contribution in [0, 0.1) is 10.8 Å². The molecule has 0 rings (SSSR count). The molecule has 0 heterocycles. The molecule has 0 unspecified atom stereocenters. The first-order valence-electron chi connectivity index (χ1n) is 13.1. The standard InChI is InChI=1S/C6H14O3.C5H12O2.5C4H6O2/c1-2-6(3-7,4-8)5-9;1-5(2,3-6)4-7;5*1-3(2)4(5)6/h7-9H,2-5H2,1H3;6-7H,3-4H2,1-2H3;5*1H2,2H3,(H,5,6). The van der Waals surface area contributed by atoms with Crippen molar-refractivity contribution in [1.29, 1.82) is 0 Å². The second-order valence-electron chi connectivity index (χ2n) is 10.2. The van der Waals surface area contributed by atoms with Crippen molar-refractivity contribution in [2.45, 2.75) is 61.8 Å². The van der Waals surface area contributed by atoms with Crippen LogP contribution in [-0.2, 0) is 24.0 Å². The third kappa shape index (κ3) is 52.5. The summed E-state index contributed by atoms with van der Waals surface area (Å²) in [5.41, 5.74) is -0.0926. The third-order valence-corrected chi connectivity index (χ3v) is 4.44. The number of aliphatic carboxylic acids is 5. The highest BCUT2D eigenvalue weighted by Gasteiger charge is 2.24. The zero-order valence-electron chi connectivity index (χ0n) is 28.3. The van der Waals surface area contributed by atoms with Gasteiger partial charge in [0, 0.05) is 38.7 Å². The Hall–Kier alpha value is -4.15. The van der Waals surface area contributed by atoms with Crippen molar-refractivity contribution in [3.63, 3.8) is 0 Å². The molecule has 0 aliphatic carbocycles. The van der Waals surface area contributed by atoms with Gasteiger partial charge in [0.15, 0.2) is 0 Å². The molecule has 0 aromatic heterocycles. The summed E-state index contributed by atoms with van der Waals surface area (Å²) in [6.07, 6.45) is 0.594. The molecule has 0 saturated carbocycles. The molecule has 0 aliphatic heterocycles. The fraction of sp³-hybridized carbons (Fsp3) is 0.516. The van der Waals surface area contributed by atoms with Gasteiger partial charge in [-0.05, 0) is 41.0 Å². The number of aliphatic hydroxyl groups excluding tert-OH is 5. The SMILES string of the molecule is C=C(C)C(=O)O.C=C(C)C(=O)O.C=C(C)C(=O)O.C=C(C)C(=O)O.C=C(C)C(=O)O.CC(C)(CO)CO.CCC(CO)(CO)CO. The number of carboxylic acids is 5. The lowest BCUT2D eigenvalue weighted by Crippen LogP contribution is -2.32. The largest absolute Gasteiger partial charge is 0.478 e. The molecule has 15 nitrogen and oxygen atoms in total. The number of aliphatic hydroxyl groups is 5. The van der Waals surface area contributed by atoms with E-state index in [1.54, 1.807) is 13.8 Å². The van der Waals surface area contributed by atoms with E-state index >= 15 is 0 Å². The summed E-state index contributed by atoms with van der Waals surface area (Å²) in [6, 6.07) is 0. The fourth-order valence-electron chi connectivity index (χ4n) is 0.535. The van der Waals surface area contributed by atoms with E-state index in [9.17, 15) is 24.0 Å². The van der Waals surface area contributed by atoms with Gasteiger partial charge in [0.25, 0.3) is 0 Å². The molecule has 0 aromatic rings. The van der Waals surface area contributed by atoms with Gasteiger partial charge in [0.05, 0.1) is 33.0 Å². The molecule has 0 aliphatic rings. The van der Waals surface area contributed by atoms with Crippen LogP contribution < -0.4 is 0 Å². The van der Waals surface area contributed by atoms with Gasteiger partial charge < -0.3 is 51.1 Å². The first kappa shape index (κ1) is 57.5. The lowest BCUT2D eigenvalue weighted by Gasteiger charge is -2.24. The zero-order valence-corrected chi connectivity index (χ0v) is 28.3. The molecule has 0 amide bonds. The summed E-state index contributed by atoms with van der Waals surface area (Å²) in [4.78, 5) is 48.0. The van der Waals surface area contributed by atoms with E-state index in [4.69, 9.17) is 51.1 Å². The average molecular weight is 669 g/mol. The minimum atomic E-state index is -0.935. The monoisotopic (exact) mass is 668 g/mol. The van der Waals surface area contributed by atoms with Crippen molar-refractivity contribution in [3.05, 3.63) is 60.8 Å². The second kappa shape index (κ2) is 33.7. The van der Waals surface area contributed by atoms with Crippen LogP contribution >= 0.6 is 0 Å². The van der Waals surface area contributed by atoms with Gasteiger partial charge in [0.2, 0.25) is 0 Å². The normalized spacial score (nSPS) is 9.07. The van der Waals surface area contributed by atoms with E-state index < -0.39 is 35.3 Å². The minimum absolute atomic E-state index is 0.0451. The Labute approximate surface area is 271 Å². The van der Waals surface area contributed by atoms with Gasteiger partial charge >= 0.3 is 29.8 Å². The number of hydrogen-bond donors (Lipinski definition) is 10. The Bertz CT molecular complexity index is 750. The molecule has 0 fully saturated rings. The Morgan fingerprint density at radius 3 is 0.565 bits per heavy atom. The van der Waals surface area contributed by atoms with Crippen LogP contribution in [0.5, 0.6) is 0 Å². The maximum atomic E-state index is 9.60. The van der Waals surface area contributed by atoms with Crippen LogP contribution in [0.1, 0.15) is 61.8 Å². The van der Waals surface area contributed by atoms with E-state index in [0.29, 0.717) is 6.42 Å². The lowest BCUT2D eigenvalue weighted by atomic mass is 9.88. The molecule has 270 valence electrons. The van der Waals surface area contributed by atoms with Gasteiger partial charge in [-0.1, -0.05) is 53.7 Å². The molecule has 0 saturated heterocycles. The molecule has 46 heavy (non-hydrogen) atoms. The van der Waals surface area contributed by atoms with E-state index in [0.717, 1.165) is 0 Å². The Kier molecular flexibility index (Phi) is 42.2. The summed E-state index contributed by atoms with van der Waals surface area (Å²) >= 11 is 0. The number of carboxylic acid groups (broad SMARTS) is 5. The Morgan fingerprint density at radius 2 is 0.565 bits per heavy atom. The molecular weight excluding hydrogens is 612 g/mol. The molecule has 0 spiro atoms. The highest BCUT2D eigenvalue weighted by Crippen LogP contribution is 2.18. The average Bonchev–Trinajstić information content (AvgIpc) is 2.96. The molecule has 15 heteroatoms. The maximum absolute atomic E-state index is 9.60. The van der Waals surface area contributed by atoms with E-state index in [1.807, 2.05) is 6.92 Å². The van der Waals surface area contributed by atoms with E-state index in [1.165, 1.54) is 34.6 Å². The van der Waals surface area contributed by atoms with Gasteiger partial charge in [-0.25, -0.2) is 24.0 Å². The summed E-state index contributed by atoms with van der Waals surface area (Å²) in [7, 11) is 0. The Morgan fingerprint density at radius 1 is 0.435 bits per heavy atom. The van der Waals surface area contributed by atoms with Crippen LogP contribution in [-0.4, -0.2) is 114 Å². The van der Waals surface area contributed by atoms with Crippen molar-refractivity contribution in [2.75, 3.05) is 33.0 Å². The predicted molar refractivity (Wildman–Crippen MR) is 174 cm³/mol. The molecule has 0 aromatic carbocycles. The van der Waals surface area contributed by atoms with Gasteiger partial charge in [-0.2, -0.15) is 0 Å². The van der Waals surface area contributed by atoms with Gasteiger partial charge in [-0.3, -0.25) is 0 Å². The van der Waals surface area contributed by atoms with Gasteiger partial charge in [-0.15, -0.1) is 0 Å². The van der Waals surface area contributed by atoms with Crippen molar-refractivity contribution in [2.24, 2.45) is 10.8 Å². The molecule has 0 atom stereocenters. The van der Waals surface area contributed by atoms with Crippen LogP contribution in [0.3, 0.4) is 0 Å². The highest BCUT2D eigenvalue weighted by molar-refractivity contribution is 5.86. The summed E-state index contributed by atoms with van der Waals surface area (Å²) in [5.74, 6) is -4.68. The van der Waals surface area contributed by atoms with E-state index in [2.05, 4.69) is 32.9 Å². The minimum Gasteiger partial charge on any atom is -0.478 e. The number of rotatable bonds is 11. The maximum Gasteiger partial charge on any atom is 0.330 e. The Balaban J connectivity index is -0.0000000776. The van der Waals surface area contributed by atoms with Crippen LogP contribution in [0.2, 0.25) is 0 Å². The highest BCUT2D eigenvalue weighted by atomic mass is 16.4. The van der Waals surface area contributed by atoms with Crippen LogP contribution in [0.15, 0.2) is 60.8 Å². The van der Waals surface area contributed by atoms with Crippen LogP contribution in [0.25, 0.3) is 0 Å². The van der Waals surface area contributed by atoms with Crippen molar-refractivity contribution >= 4 is 29.8 Å². The second-order valence-corrected chi connectivity index (χ2v) is 10.2. The number of carbonyl (C=O) groups is 5. The molecule has 0 bridgehead atoms. The lowest BCUT2D eigenvalue weighted by molar-refractivity contribution is -0.133. The molecular formula is C31H56O15. The first-order chi connectivity index (χ1) is 20.6. The topological polar surface area (TPSA) is 288 Å². The number of hydrogen-bond acceptors (Lipinski definition) is 10. The quantitative estimate of drug-likeness (QED) is 0.142. The smallest absolute Gasteiger partial charge is 0.330 e. The predicted octanol–water partition coefficient (Wildman–Crippen LogP) is 2.59.